The topological polar surface area (TPSA) is 56.5 Å². The molecule has 2 aliphatic rings. The first-order valence-electron chi connectivity index (χ1n) is 9.20. The molecule has 0 amide bonds. The zero-order valence-corrected chi connectivity index (χ0v) is 16.3. The highest BCUT2D eigenvalue weighted by Gasteiger charge is 2.52. The van der Waals surface area contributed by atoms with Gasteiger partial charge in [-0.25, -0.2) is 0 Å². The predicted octanol–water partition coefficient (Wildman–Crippen LogP) is 3.72. The molecule has 0 bridgehead atoms. The summed E-state index contributed by atoms with van der Waals surface area (Å²) in [6.07, 6.45) is 1.86. The molecule has 4 nitrogen and oxygen atoms in total. The highest BCUT2D eigenvalue weighted by Crippen LogP contribution is 2.51. The maximum atomic E-state index is 11.5. The number of benzene rings is 2. The van der Waals surface area contributed by atoms with Crippen LogP contribution in [0.2, 0.25) is 0 Å². The van der Waals surface area contributed by atoms with Gasteiger partial charge in [-0.15, -0.1) is 12.4 Å². The number of fused-ring (bicyclic) bond motifs is 1. The summed E-state index contributed by atoms with van der Waals surface area (Å²) < 4.78 is 5.34. The smallest absolute Gasteiger partial charge is 0.119 e. The fourth-order valence-electron chi connectivity index (χ4n) is 4.76. The third kappa shape index (κ3) is 3.68. The van der Waals surface area contributed by atoms with Crippen molar-refractivity contribution in [3.8, 4) is 11.8 Å². The fourth-order valence-corrected chi connectivity index (χ4v) is 4.76. The Morgan fingerprint density at radius 2 is 2.04 bits per heavy atom. The van der Waals surface area contributed by atoms with Gasteiger partial charge in [0.25, 0.3) is 0 Å². The van der Waals surface area contributed by atoms with Crippen LogP contribution in [-0.4, -0.2) is 30.2 Å². The molecule has 4 rings (SSSR count). The largest absolute Gasteiger partial charge is 0.497 e. The lowest BCUT2D eigenvalue weighted by Crippen LogP contribution is -2.34. The van der Waals surface area contributed by atoms with Gasteiger partial charge in [0.05, 0.1) is 24.3 Å². The van der Waals surface area contributed by atoms with Crippen LogP contribution >= 0.6 is 12.4 Å². The van der Waals surface area contributed by atoms with E-state index < -0.39 is 5.60 Å². The molecule has 2 fully saturated rings. The number of halogens is 1. The van der Waals surface area contributed by atoms with Crippen molar-refractivity contribution in [2.24, 2.45) is 11.8 Å². The van der Waals surface area contributed by atoms with Crippen LogP contribution in [0.3, 0.4) is 0 Å². The van der Waals surface area contributed by atoms with Gasteiger partial charge in [-0.3, -0.25) is 4.90 Å². The van der Waals surface area contributed by atoms with E-state index in [1.807, 2.05) is 42.5 Å². The van der Waals surface area contributed by atoms with Crippen molar-refractivity contribution in [3.63, 3.8) is 0 Å². The maximum Gasteiger partial charge on any atom is 0.119 e. The predicted molar refractivity (Wildman–Crippen MR) is 107 cm³/mol. The molecule has 1 saturated heterocycles. The third-order valence-corrected chi connectivity index (χ3v) is 6.06. The molecule has 27 heavy (non-hydrogen) atoms. The van der Waals surface area contributed by atoms with Crippen LogP contribution in [-0.2, 0) is 12.1 Å². The van der Waals surface area contributed by atoms with E-state index >= 15 is 0 Å². The molecular weight excluding hydrogens is 360 g/mol. The first-order chi connectivity index (χ1) is 12.6. The van der Waals surface area contributed by atoms with Crippen molar-refractivity contribution < 1.29 is 9.84 Å². The molecule has 2 aromatic carbocycles. The van der Waals surface area contributed by atoms with Crippen molar-refractivity contribution in [2.75, 3.05) is 20.2 Å². The van der Waals surface area contributed by atoms with Crippen LogP contribution < -0.4 is 4.74 Å². The maximum absolute atomic E-state index is 11.5. The second-order valence-electron chi connectivity index (χ2n) is 7.57. The molecule has 5 heteroatoms. The minimum absolute atomic E-state index is 0. The highest BCUT2D eigenvalue weighted by atomic mass is 35.5. The summed E-state index contributed by atoms with van der Waals surface area (Å²) in [6, 6.07) is 17.9. The summed E-state index contributed by atoms with van der Waals surface area (Å²) in [6.45, 7) is 2.72. The number of hydrogen-bond donors (Lipinski definition) is 1. The molecule has 0 radical (unpaired) electrons. The van der Waals surface area contributed by atoms with Gasteiger partial charge in [0, 0.05) is 25.6 Å². The lowest BCUT2D eigenvalue weighted by atomic mass is 9.82. The van der Waals surface area contributed by atoms with Crippen molar-refractivity contribution in [1.82, 2.24) is 4.90 Å². The van der Waals surface area contributed by atoms with Crippen LogP contribution in [0.15, 0.2) is 48.5 Å². The molecule has 0 aromatic heterocycles. The summed E-state index contributed by atoms with van der Waals surface area (Å²) in [5, 5.41) is 20.6. The zero-order chi connectivity index (χ0) is 18.1. The van der Waals surface area contributed by atoms with E-state index in [1.165, 1.54) is 0 Å². The van der Waals surface area contributed by atoms with Crippen molar-refractivity contribution in [3.05, 3.63) is 65.2 Å². The van der Waals surface area contributed by atoms with Crippen molar-refractivity contribution >= 4 is 12.4 Å². The molecule has 1 aliphatic carbocycles. The van der Waals surface area contributed by atoms with Crippen LogP contribution in [0, 0.1) is 23.2 Å². The van der Waals surface area contributed by atoms with Gasteiger partial charge >= 0.3 is 0 Å². The molecule has 0 spiro atoms. The third-order valence-electron chi connectivity index (χ3n) is 6.06. The van der Waals surface area contributed by atoms with E-state index in [-0.39, 0.29) is 18.3 Å². The van der Waals surface area contributed by atoms with Gasteiger partial charge in [0.15, 0.2) is 0 Å². The Morgan fingerprint density at radius 1 is 1.22 bits per heavy atom. The number of ether oxygens (including phenoxy) is 1. The van der Waals surface area contributed by atoms with Gasteiger partial charge in [0.1, 0.15) is 5.75 Å². The van der Waals surface area contributed by atoms with Crippen LogP contribution in [0.4, 0.5) is 0 Å². The first kappa shape index (κ1) is 19.7. The Bertz CT molecular complexity index is 850. The Morgan fingerprint density at radius 3 is 2.81 bits per heavy atom. The van der Waals surface area contributed by atoms with Crippen LogP contribution in [0.25, 0.3) is 0 Å². The second-order valence-corrected chi connectivity index (χ2v) is 7.57. The number of nitrogens with zero attached hydrogens (tertiary/aromatic N) is 2. The summed E-state index contributed by atoms with van der Waals surface area (Å²) in [4.78, 5) is 2.41. The summed E-state index contributed by atoms with van der Waals surface area (Å²) in [5.74, 6) is 1.56. The first-order valence-corrected chi connectivity index (χ1v) is 9.20. The average Bonchev–Trinajstić information content (AvgIpc) is 3.22. The molecule has 3 atom stereocenters. The number of rotatable bonds is 4. The Labute approximate surface area is 166 Å². The molecular formula is C22H25ClN2O2. The van der Waals surface area contributed by atoms with Crippen LogP contribution in [0.5, 0.6) is 5.75 Å². The van der Waals surface area contributed by atoms with Gasteiger partial charge in [0.2, 0.25) is 0 Å². The normalized spacial score (nSPS) is 26.9. The van der Waals surface area contributed by atoms with E-state index in [9.17, 15) is 5.11 Å². The number of aliphatic hydroxyl groups is 1. The number of hydrogen-bond acceptors (Lipinski definition) is 4. The van der Waals surface area contributed by atoms with Gasteiger partial charge < -0.3 is 9.84 Å². The van der Waals surface area contributed by atoms with E-state index in [0.717, 1.165) is 49.4 Å². The van der Waals surface area contributed by atoms with Gasteiger partial charge in [-0.1, -0.05) is 24.3 Å². The SMILES string of the molecule is COc1cccc(C2(O)CCC3CN(Cc4cccc(C#N)c4)CC32)c1.Cl. The average molecular weight is 385 g/mol. The Kier molecular flexibility index (Phi) is 5.76. The van der Waals surface area contributed by atoms with Crippen molar-refractivity contribution in [2.45, 2.75) is 25.0 Å². The lowest BCUT2D eigenvalue weighted by molar-refractivity contribution is -0.00699. The minimum atomic E-state index is -0.775. The monoisotopic (exact) mass is 384 g/mol. The standard InChI is InChI=1S/C22H24N2O2.ClH/c1-26-20-7-3-6-19(11-20)22(25)9-8-18-14-24(15-21(18)22)13-17-5-2-4-16(10-17)12-23;/h2-7,10-11,18,21,25H,8-9,13-15H2,1H3;1H. The quantitative estimate of drug-likeness (QED) is 0.872. The van der Waals surface area contributed by atoms with Gasteiger partial charge in [-0.2, -0.15) is 5.26 Å². The lowest BCUT2D eigenvalue weighted by Gasteiger charge is -2.31. The molecule has 2 aromatic rings. The number of nitriles is 1. The molecule has 142 valence electrons. The molecule has 1 aliphatic heterocycles. The number of methoxy groups -OCH3 is 1. The summed E-state index contributed by atoms with van der Waals surface area (Å²) in [7, 11) is 1.66. The minimum Gasteiger partial charge on any atom is -0.497 e. The highest BCUT2D eigenvalue weighted by molar-refractivity contribution is 5.85. The zero-order valence-electron chi connectivity index (χ0n) is 15.5. The Hall–Kier alpha value is -2.06. The number of likely N-dealkylation sites (tertiary alicyclic amines) is 1. The summed E-state index contributed by atoms with van der Waals surface area (Å²) in [5.41, 5.74) is 2.06. The molecule has 1 heterocycles. The van der Waals surface area contributed by atoms with Crippen LogP contribution in [0.1, 0.15) is 29.5 Å². The van der Waals surface area contributed by atoms with E-state index in [1.54, 1.807) is 7.11 Å². The van der Waals surface area contributed by atoms with Crippen molar-refractivity contribution in [1.29, 1.82) is 5.26 Å². The molecule has 3 unspecified atom stereocenters. The fraction of sp³-hybridized carbons (Fsp3) is 0.409. The molecule has 1 N–H and O–H groups in total. The second kappa shape index (κ2) is 7.90. The molecule has 1 saturated carbocycles. The van der Waals surface area contributed by atoms with E-state index in [4.69, 9.17) is 10.00 Å². The van der Waals surface area contributed by atoms with Gasteiger partial charge in [-0.05, 0) is 54.2 Å². The Balaban J connectivity index is 0.00000210. The van der Waals surface area contributed by atoms with E-state index in [0.29, 0.717) is 11.5 Å². The van der Waals surface area contributed by atoms with E-state index in [2.05, 4.69) is 17.0 Å². The summed E-state index contributed by atoms with van der Waals surface area (Å²) >= 11 is 0.